The highest BCUT2D eigenvalue weighted by Crippen LogP contribution is 2.28. The first kappa shape index (κ1) is 30.7. The van der Waals surface area contributed by atoms with Crippen molar-refractivity contribution in [2.45, 2.75) is 25.3 Å². The lowest BCUT2D eigenvalue weighted by molar-refractivity contribution is -0.122. The normalized spacial score (nSPS) is 13.3. The Labute approximate surface area is 246 Å². The Bertz CT molecular complexity index is 1530. The average Bonchev–Trinajstić information content (AvgIpc) is 2.99. The van der Waals surface area contributed by atoms with E-state index in [2.05, 4.69) is 38.0 Å². The summed E-state index contributed by atoms with van der Waals surface area (Å²) in [4.78, 5) is 53.0. The first-order valence-corrected chi connectivity index (χ1v) is 13.4. The Balaban J connectivity index is 1.27. The molecule has 1 saturated heterocycles. The van der Waals surface area contributed by atoms with Crippen LogP contribution in [-0.2, 0) is 16.0 Å². The molecule has 4 amide bonds. The quantitative estimate of drug-likeness (QED) is 0.255. The SMILES string of the molecule is O=NC1CCN(CC(=O)NCC#Cc2cnccc2Oc2ccc(NC(=O)NC(=O)Cc3ccc(F)cc3)cc2F)CC1. The summed E-state index contributed by atoms with van der Waals surface area (Å²) < 4.78 is 33.5. The largest absolute Gasteiger partial charge is 0.453 e. The van der Waals surface area contributed by atoms with Crippen molar-refractivity contribution >= 4 is 23.5 Å². The molecule has 0 spiro atoms. The molecule has 222 valence electrons. The number of anilines is 1. The van der Waals surface area contributed by atoms with Gasteiger partial charge in [0.2, 0.25) is 11.8 Å². The van der Waals surface area contributed by atoms with Crippen LogP contribution in [0.2, 0.25) is 0 Å². The van der Waals surface area contributed by atoms with Gasteiger partial charge in [-0.2, -0.15) is 4.91 Å². The van der Waals surface area contributed by atoms with Gasteiger partial charge < -0.3 is 15.4 Å². The molecule has 13 heteroatoms. The van der Waals surface area contributed by atoms with Gasteiger partial charge in [-0.1, -0.05) is 29.2 Å². The minimum atomic E-state index is -0.862. The molecule has 2 heterocycles. The number of hydrogen-bond donors (Lipinski definition) is 3. The van der Waals surface area contributed by atoms with E-state index in [9.17, 15) is 28.1 Å². The molecular weight excluding hydrogens is 562 g/mol. The molecule has 3 aromatic rings. The molecule has 43 heavy (non-hydrogen) atoms. The molecule has 1 aliphatic rings. The molecule has 4 rings (SSSR count). The van der Waals surface area contributed by atoms with E-state index in [1.807, 2.05) is 4.90 Å². The molecule has 1 aromatic heterocycles. The number of carbonyl (C=O) groups excluding carboxylic acids is 3. The van der Waals surface area contributed by atoms with Crippen LogP contribution < -0.4 is 20.7 Å². The Morgan fingerprint density at radius 3 is 2.51 bits per heavy atom. The number of hydrogen-bond acceptors (Lipinski definition) is 8. The molecular formula is C30H28F2N6O5. The van der Waals surface area contributed by atoms with Gasteiger partial charge in [-0.15, -0.1) is 0 Å². The van der Waals surface area contributed by atoms with Crippen molar-refractivity contribution in [2.75, 3.05) is 31.5 Å². The Kier molecular flexibility index (Phi) is 10.8. The number of nitrogens with zero attached hydrogens (tertiary/aromatic N) is 3. The standard InChI is InChI=1S/C30H28F2N6O5/c31-22-5-3-20(4-6-22)16-28(39)36-30(41)35-24-7-8-27(25(32)17-24)43-26-9-13-33-18-21(26)2-1-12-34-29(40)19-38-14-10-23(37-42)11-15-38/h3-9,13,17-18,23H,10-12,14-16,19H2,(H,34,40)(H2,35,36,39,41). The van der Waals surface area contributed by atoms with Gasteiger partial charge in [-0.25, -0.2) is 13.6 Å². The summed E-state index contributed by atoms with van der Waals surface area (Å²) in [6.07, 6.45) is 4.02. The molecule has 0 radical (unpaired) electrons. The summed E-state index contributed by atoms with van der Waals surface area (Å²) in [6, 6.07) is 9.46. The third kappa shape index (κ3) is 9.68. The van der Waals surface area contributed by atoms with Gasteiger partial charge in [0.05, 0.1) is 31.1 Å². The second-order valence-corrected chi connectivity index (χ2v) is 9.62. The van der Waals surface area contributed by atoms with Crippen molar-refractivity contribution in [3.05, 3.63) is 88.6 Å². The van der Waals surface area contributed by atoms with Crippen LogP contribution in [0.1, 0.15) is 24.0 Å². The van der Waals surface area contributed by atoms with E-state index in [1.165, 1.54) is 54.9 Å². The number of halogens is 2. The summed E-state index contributed by atoms with van der Waals surface area (Å²) in [5, 5.41) is 10.3. The molecule has 1 fully saturated rings. The van der Waals surface area contributed by atoms with E-state index in [1.54, 1.807) is 0 Å². The van der Waals surface area contributed by atoms with Crippen LogP contribution in [0.5, 0.6) is 11.5 Å². The van der Waals surface area contributed by atoms with E-state index < -0.39 is 23.6 Å². The van der Waals surface area contributed by atoms with Crippen molar-refractivity contribution in [1.82, 2.24) is 20.5 Å². The Hall–Kier alpha value is -5.22. The van der Waals surface area contributed by atoms with Crippen LogP contribution in [0.3, 0.4) is 0 Å². The van der Waals surface area contributed by atoms with Gasteiger partial charge in [0.15, 0.2) is 11.6 Å². The number of aromatic nitrogens is 1. The number of ether oxygens (including phenoxy) is 1. The first-order valence-electron chi connectivity index (χ1n) is 13.4. The van der Waals surface area contributed by atoms with E-state index in [0.717, 1.165) is 6.07 Å². The van der Waals surface area contributed by atoms with E-state index in [0.29, 0.717) is 37.1 Å². The minimum Gasteiger partial charge on any atom is -0.453 e. The van der Waals surface area contributed by atoms with Crippen LogP contribution in [-0.4, -0.2) is 60.0 Å². The van der Waals surface area contributed by atoms with Crippen molar-refractivity contribution in [3.8, 4) is 23.3 Å². The third-order valence-electron chi connectivity index (χ3n) is 6.39. The minimum absolute atomic E-state index is 0.0721. The molecule has 11 nitrogen and oxygen atoms in total. The van der Waals surface area contributed by atoms with Crippen molar-refractivity contribution < 1.29 is 27.9 Å². The molecule has 1 aliphatic heterocycles. The fraction of sp³-hybridized carbons (Fsp3) is 0.267. The maximum Gasteiger partial charge on any atom is 0.325 e. The van der Waals surface area contributed by atoms with Crippen LogP contribution in [0, 0.1) is 28.4 Å². The smallest absolute Gasteiger partial charge is 0.325 e. The number of nitroso groups, excluding NO2 is 1. The number of imide groups is 1. The monoisotopic (exact) mass is 590 g/mol. The van der Waals surface area contributed by atoms with Crippen molar-refractivity contribution in [3.63, 3.8) is 0 Å². The van der Waals surface area contributed by atoms with Gasteiger partial charge >= 0.3 is 6.03 Å². The second kappa shape index (κ2) is 15.1. The van der Waals surface area contributed by atoms with E-state index >= 15 is 0 Å². The summed E-state index contributed by atoms with van der Waals surface area (Å²) >= 11 is 0. The molecule has 0 saturated carbocycles. The molecule has 2 aromatic carbocycles. The van der Waals surface area contributed by atoms with Crippen LogP contribution in [0.4, 0.5) is 19.3 Å². The maximum absolute atomic E-state index is 14.8. The predicted octanol–water partition coefficient (Wildman–Crippen LogP) is 3.74. The summed E-state index contributed by atoms with van der Waals surface area (Å²) in [5.41, 5.74) is 0.957. The number of nitrogens with one attached hydrogen (secondary N) is 3. The van der Waals surface area contributed by atoms with Crippen molar-refractivity contribution in [2.24, 2.45) is 5.18 Å². The maximum atomic E-state index is 14.8. The Morgan fingerprint density at radius 2 is 1.79 bits per heavy atom. The van der Waals surface area contributed by atoms with Gasteiger partial charge in [0, 0.05) is 43.3 Å². The number of carbonyl (C=O) groups is 3. The fourth-order valence-corrected chi connectivity index (χ4v) is 4.19. The summed E-state index contributed by atoms with van der Waals surface area (Å²) in [6.45, 7) is 1.53. The molecule has 0 atom stereocenters. The van der Waals surface area contributed by atoms with Crippen LogP contribution in [0.25, 0.3) is 0 Å². The lowest BCUT2D eigenvalue weighted by Gasteiger charge is -2.27. The zero-order valence-electron chi connectivity index (χ0n) is 22.9. The second-order valence-electron chi connectivity index (χ2n) is 9.62. The lowest BCUT2D eigenvalue weighted by Crippen LogP contribution is -2.42. The number of piperidine rings is 1. The zero-order chi connectivity index (χ0) is 30.6. The van der Waals surface area contributed by atoms with E-state index in [-0.39, 0.29) is 48.6 Å². The highest BCUT2D eigenvalue weighted by molar-refractivity contribution is 6.01. The number of pyridine rings is 1. The number of likely N-dealkylation sites (tertiary alicyclic amines) is 1. The highest BCUT2D eigenvalue weighted by atomic mass is 19.1. The first-order chi connectivity index (χ1) is 20.8. The van der Waals surface area contributed by atoms with Crippen molar-refractivity contribution in [1.29, 1.82) is 0 Å². The van der Waals surface area contributed by atoms with Gasteiger partial charge in [-0.05, 0) is 42.7 Å². The van der Waals surface area contributed by atoms with Gasteiger partial charge in [0.25, 0.3) is 0 Å². The molecule has 3 N–H and O–H groups in total. The molecule has 0 aliphatic carbocycles. The molecule has 0 bridgehead atoms. The lowest BCUT2D eigenvalue weighted by atomic mass is 10.1. The summed E-state index contributed by atoms with van der Waals surface area (Å²) in [7, 11) is 0. The summed E-state index contributed by atoms with van der Waals surface area (Å²) in [5.74, 6) is 3.71. The highest BCUT2D eigenvalue weighted by Gasteiger charge is 2.21. The fourth-order valence-electron chi connectivity index (χ4n) is 4.19. The number of rotatable bonds is 9. The van der Waals surface area contributed by atoms with E-state index in [4.69, 9.17) is 4.74 Å². The predicted molar refractivity (Wildman–Crippen MR) is 153 cm³/mol. The van der Waals surface area contributed by atoms with Gasteiger partial charge in [0.1, 0.15) is 11.6 Å². The topological polar surface area (TPSA) is 142 Å². The number of benzene rings is 2. The zero-order valence-corrected chi connectivity index (χ0v) is 22.9. The third-order valence-corrected chi connectivity index (χ3v) is 6.39. The average molecular weight is 591 g/mol. The van der Waals surface area contributed by atoms with Crippen LogP contribution >= 0.6 is 0 Å². The van der Waals surface area contributed by atoms with Crippen LogP contribution in [0.15, 0.2) is 66.1 Å². The number of amides is 4. The Morgan fingerprint density at radius 1 is 1.02 bits per heavy atom. The van der Waals surface area contributed by atoms with Gasteiger partial charge in [-0.3, -0.25) is 24.8 Å². The molecule has 0 unspecified atom stereocenters. The number of urea groups is 1.